The van der Waals surface area contributed by atoms with E-state index in [0.717, 1.165) is 43.8 Å². The first-order valence-electron chi connectivity index (χ1n) is 10.7. The molecule has 170 valence electrons. The zero-order chi connectivity index (χ0) is 23.0. The van der Waals surface area contributed by atoms with Crippen LogP contribution in [0.5, 0.6) is 5.75 Å². The minimum atomic E-state index is -4.02. The highest BCUT2D eigenvalue weighted by atomic mass is 32.2. The van der Waals surface area contributed by atoms with Crippen molar-refractivity contribution in [1.82, 2.24) is 0 Å². The molecule has 0 amide bonds. The first kappa shape index (κ1) is 23.8. The Bertz CT molecular complexity index is 1100. The minimum absolute atomic E-state index is 0.0666. The zero-order valence-electron chi connectivity index (χ0n) is 18.3. The van der Waals surface area contributed by atoms with Crippen molar-refractivity contribution in [2.75, 3.05) is 24.5 Å². The van der Waals surface area contributed by atoms with Gasteiger partial charge in [0.1, 0.15) is 12.4 Å². The Morgan fingerprint density at radius 1 is 1.00 bits per heavy atom. The van der Waals surface area contributed by atoms with Crippen LogP contribution < -0.4 is 15.4 Å². The number of benzene rings is 3. The minimum Gasteiger partial charge on any atom is -0.487 e. The molecule has 6 nitrogen and oxygen atoms in total. The fraction of sp³-hybridized carbons (Fsp3) is 0.280. The summed E-state index contributed by atoms with van der Waals surface area (Å²) in [6.07, 6.45) is 2.12. The molecular formula is C25H30N2O4S. The summed E-state index contributed by atoms with van der Waals surface area (Å²) < 4.78 is 35.6. The van der Waals surface area contributed by atoms with Gasteiger partial charge in [0.25, 0.3) is 10.1 Å². The molecule has 0 aliphatic carbocycles. The predicted molar refractivity (Wildman–Crippen MR) is 128 cm³/mol. The smallest absolute Gasteiger partial charge is 0.294 e. The second-order valence-corrected chi connectivity index (χ2v) is 9.13. The Kier molecular flexibility index (Phi) is 8.27. The predicted octanol–water partition coefficient (Wildman–Crippen LogP) is 4.22. The Balaban J connectivity index is 0.000000222. The van der Waals surface area contributed by atoms with Crippen LogP contribution in [0.3, 0.4) is 0 Å². The van der Waals surface area contributed by atoms with E-state index in [1.165, 1.54) is 28.9 Å². The van der Waals surface area contributed by atoms with Crippen molar-refractivity contribution < 1.29 is 17.7 Å². The highest BCUT2D eigenvalue weighted by Crippen LogP contribution is 2.37. The van der Waals surface area contributed by atoms with E-state index in [2.05, 4.69) is 35.2 Å². The molecular weight excluding hydrogens is 424 g/mol. The maximum Gasteiger partial charge on any atom is 0.294 e. The van der Waals surface area contributed by atoms with Gasteiger partial charge in [0, 0.05) is 13.1 Å². The quantitative estimate of drug-likeness (QED) is 0.519. The molecule has 3 aromatic rings. The molecule has 0 saturated carbocycles. The maximum absolute atomic E-state index is 10.5. The van der Waals surface area contributed by atoms with Crippen LogP contribution in [0.2, 0.25) is 0 Å². The number of anilines is 1. The molecule has 0 spiro atoms. The third kappa shape index (κ3) is 6.56. The first-order chi connectivity index (χ1) is 15.4. The molecule has 1 aliphatic rings. The second-order valence-electron chi connectivity index (χ2n) is 7.71. The van der Waals surface area contributed by atoms with Crippen LogP contribution in [0.4, 0.5) is 5.69 Å². The number of aryl methyl sites for hydroxylation is 1. The normalized spacial score (nSPS) is 12.7. The van der Waals surface area contributed by atoms with Crippen LogP contribution in [-0.2, 0) is 23.1 Å². The number of ether oxygens (including phenoxy) is 1. The van der Waals surface area contributed by atoms with Crippen LogP contribution in [0.15, 0.2) is 77.7 Å². The monoisotopic (exact) mass is 454 g/mol. The molecule has 0 fully saturated rings. The van der Waals surface area contributed by atoms with Crippen molar-refractivity contribution in [2.45, 2.75) is 31.3 Å². The molecule has 0 atom stereocenters. The molecule has 4 rings (SSSR count). The van der Waals surface area contributed by atoms with Gasteiger partial charge in [-0.05, 0) is 55.6 Å². The highest BCUT2D eigenvalue weighted by Gasteiger charge is 2.22. The van der Waals surface area contributed by atoms with Gasteiger partial charge in [-0.25, -0.2) is 0 Å². The van der Waals surface area contributed by atoms with Gasteiger partial charge in [-0.3, -0.25) is 4.55 Å². The Labute approximate surface area is 190 Å². The SMILES string of the molecule is Cc1ccc(S(=O)(=O)O)cc1.NCCCN1CCc2cccc(OCc3ccccc3)c21. The maximum atomic E-state index is 10.5. The van der Waals surface area contributed by atoms with Crippen LogP contribution >= 0.6 is 0 Å². The summed E-state index contributed by atoms with van der Waals surface area (Å²) in [5, 5.41) is 0. The summed E-state index contributed by atoms with van der Waals surface area (Å²) in [7, 11) is -4.02. The molecule has 3 N–H and O–H groups in total. The summed E-state index contributed by atoms with van der Waals surface area (Å²) in [6, 6.07) is 22.6. The molecule has 1 aliphatic heterocycles. The van der Waals surface area contributed by atoms with Gasteiger partial charge in [-0.2, -0.15) is 8.42 Å². The average molecular weight is 455 g/mol. The van der Waals surface area contributed by atoms with Gasteiger partial charge in [0.2, 0.25) is 0 Å². The largest absolute Gasteiger partial charge is 0.487 e. The van der Waals surface area contributed by atoms with E-state index in [1.807, 2.05) is 25.1 Å². The molecule has 0 aromatic heterocycles. The molecule has 32 heavy (non-hydrogen) atoms. The van der Waals surface area contributed by atoms with Gasteiger partial charge >= 0.3 is 0 Å². The van der Waals surface area contributed by atoms with E-state index < -0.39 is 10.1 Å². The molecule has 7 heteroatoms. The fourth-order valence-corrected chi connectivity index (χ4v) is 4.04. The lowest BCUT2D eigenvalue weighted by molar-refractivity contribution is 0.307. The summed E-state index contributed by atoms with van der Waals surface area (Å²) in [4.78, 5) is 2.34. The topological polar surface area (TPSA) is 92.9 Å². The summed E-state index contributed by atoms with van der Waals surface area (Å²) in [5.74, 6) is 0.992. The van der Waals surface area contributed by atoms with E-state index in [9.17, 15) is 8.42 Å². The first-order valence-corrected chi connectivity index (χ1v) is 12.1. The third-order valence-electron chi connectivity index (χ3n) is 5.24. The number of nitrogens with two attached hydrogens (primary N) is 1. The van der Waals surface area contributed by atoms with Crippen molar-refractivity contribution in [3.8, 4) is 5.75 Å². The Hall–Kier alpha value is -2.87. The second kappa shape index (κ2) is 11.1. The Morgan fingerprint density at radius 3 is 2.38 bits per heavy atom. The Morgan fingerprint density at radius 2 is 1.72 bits per heavy atom. The van der Waals surface area contributed by atoms with Crippen molar-refractivity contribution in [3.63, 3.8) is 0 Å². The van der Waals surface area contributed by atoms with Gasteiger partial charge in [-0.1, -0.05) is 60.2 Å². The van der Waals surface area contributed by atoms with Crippen molar-refractivity contribution >= 4 is 15.8 Å². The van der Waals surface area contributed by atoms with Gasteiger partial charge in [0.15, 0.2) is 0 Å². The zero-order valence-corrected chi connectivity index (χ0v) is 19.1. The molecule has 0 bridgehead atoms. The average Bonchev–Trinajstić information content (AvgIpc) is 3.21. The van der Waals surface area contributed by atoms with Crippen molar-refractivity contribution in [2.24, 2.45) is 5.73 Å². The standard InChI is InChI=1S/C18H22N2O.C7H8O3S/c19-11-5-12-20-13-10-16-8-4-9-17(18(16)20)21-14-15-6-2-1-3-7-15;1-6-2-4-7(5-3-6)11(8,9)10/h1-4,6-9H,5,10-14,19H2;2-5H,1H3,(H,8,9,10). The van der Waals surface area contributed by atoms with E-state index >= 15 is 0 Å². The summed E-state index contributed by atoms with van der Waals surface area (Å²) >= 11 is 0. The van der Waals surface area contributed by atoms with Crippen LogP contribution in [-0.4, -0.2) is 32.6 Å². The third-order valence-corrected chi connectivity index (χ3v) is 6.11. The van der Waals surface area contributed by atoms with Crippen molar-refractivity contribution in [1.29, 1.82) is 0 Å². The molecule has 0 unspecified atom stereocenters. The van der Waals surface area contributed by atoms with Gasteiger partial charge in [-0.15, -0.1) is 0 Å². The number of rotatable bonds is 7. The fourth-order valence-electron chi connectivity index (χ4n) is 3.56. The number of hydrogen-bond donors (Lipinski definition) is 2. The van der Waals surface area contributed by atoms with Crippen LogP contribution in [0, 0.1) is 6.92 Å². The number of nitrogens with zero attached hydrogens (tertiary/aromatic N) is 1. The highest BCUT2D eigenvalue weighted by molar-refractivity contribution is 7.85. The van der Waals surface area contributed by atoms with Crippen LogP contribution in [0.1, 0.15) is 23.1 Å². The van der Waals surface area contributed by atoms with E-state index in [0.29, 0.717) is 6.61 Å². The number of hydrogen-bond acceptors (Lipinski definition) is 5. The lowest BCUT2D eigenvalue weighted by Gasteiger charge is -2.22. The molecule has 0 saturated heterocycles. The molecule has 3 aromatic carbocycles. The summed E-state index contributed by atoms with van der Waals surface area (Å²) in [6.45, 7) is 5.27. The number of para-hydroxylation sites is 1. The van der Waals surface area contributed by atoms with Crippen LogP contribution in [0.25, 0.3) is 0 Å². The summed E-state index contributed by atoms with van der Waals surface area (Å²) in [5.41, 5.74) is 10.4. The van der Waals surface area contributed by atoms with Crippen molar-refractivity contribution in [3.05, 3.63) is 89.5 Å². The molecule has 0 radical (unpaired) electrons. The van der Waals surface area contributed by atoms with Gasteiger partial charge in [0.05, 0.1) is 10.6 Å². The van der Waals surface area contributed by atoms with Gasteiger partial charge < -0.3 is 15.4 Å². The molecule has 1 heterocycles. The lowest BCUT2D eigenvalue weighted by atomic mass is 10.1. The van der Waals surface area contributed by atoms with E-state index in [-0.39, 0.29) is 4.90 Å². The van der Waals surface area contributed by atoms with E-state index in [4.69, 9.17) is 15.0 Å². The lowest BCUT2D eigenvalue weighted by Crippen LogP contribution is -2.24. The van der Waals surface area contributed by atoms with E-state index in [1.54, 1.807) is 12.1 Å². The number of fused-ring (bicyclic) bond motifs is 1.